The fraction of sp³-hybridized carbons (Fsp3) is 0.211. The van der Waals surface area contributed by atoms with Crippen molar-refractivity contribution in [3.05, 3.63) is 59.9 Å². The SMILES string of the molecule is CC(=O)c1cccc(S(=O)(=O)Nc2ccccc2-c2n[nH]c(C(C)C)n2)c1. The Balaban J connectivity index is 1.98. The highest BCUT2D eigenvalue weighted by Crippen LogP contribution is 2.28. The highest BCUT2D eigenvalue weighted by Gasteiger charge is 2.19. The smallest absolute Gasteiger partial charge is 0.261 e. The number of rotatable bonds is 6. The molecule has 140 valence electrons. The minimum absolute atomic E-state index is 0.0165. The van der Waals surface area contributed by atoms with Crippen molar-refractivity contribution < 1.29 is 13.2 Å². The van der Waals surface area contributed by atoms with E-state index in [1.165, 1.54) is 19.1 Å². The molecule has 0 aliphatic carbocycles. The van der Waals surface area contributed by atoms with Crippen LogP contribution in [0, 0.1) is 0 Å². The summed E-state index contributed by atoms with van der Waals surface area (Å²) in [6.45, 7) is 5.37. The molecule has 2 N–H and O–H groups in total. The normalized spacial score (nSPS) is 11.6. The van der Waals surface area contributed by atoms with Gasteiger partial charge < -0.3 is 0 Å². The van der Waals surface area contributed by atoms with Gasteiger partial charge in [0.25, 0.3) is 10.0 Å². The molecule has 0 bridgehead atoms. The van der Waals surface area contributed by atoms with Gasteiger partial charge in [-0.15, -0.1) is 0 Å². The number of nitrogens with one attached hydrogen (secondary N) is 2. The Bertz CT molecular complexity index is 1090. The van der Waals surface area contributed by atoms with E-state index in [1.54, 1.807) is 36.4 Å². The minimum atomic E-state index is -3.88. The number of anilines is 1. The van der Waals surface area contributed by atoms with Gasteiger partial charge in [0, 0.05) is 17.0 Å². The molecule has 7 nitrogen and oxygen atoms in total. The van der Waals surface area contributed by atoms with Crippen molar-refractivity contribution in [2.45, 2.75) is 31.6 Å². The summed E-state index contributed by atoms with van der Waals surface area (Å²) >= 11 is 0. The molecule has 3 aromatic rings. The lowest BCUT2D eigenvalue weighted by molar-refractivity contribution is 0.101. The second kappa shape index (κ2) is 7.32. The summed E-state index contributed by atoms with van der Waals surface area (Å²) in [6.07, 6.45) is 0. The Morgan fingerprint density at radius 3 is 2.52 bits per heavy atom. The van der Waals surface area contributed by atoms with Crippen LogP contribution in [0.2, 0.25) is 0 Å². The lowest BCUT2D eigenvalue weighted by Crippen LogP contribution is -2.14. The van der Waals surface area contributed by atoms with E-state index < -0.39 is 10.0 Å². The number of sulfonamides is 1. The van der Waals surface area contributed by atoms with Crippen LogP contribution in [0.15, 0.2) is 53.4 Å². The maximum absolute atomic E-state index is 12.8. The van der Waals surface area contributed by atoms with Crippen molar-refractivity contribution in [1.82, 2.24) is 15.2 Å². The Morgan fingerprint density at radius 2 is 1.85 bits per heavy atom. The zero-order valence-corrected chi connectivity index (χ0v) is 16.0. The van der Waals surface area contributed by atoms with Gasteiger partial charge in [0.2, 0.25) is 0 Å². The molecule has 3 rings (SSSR count). The van der Waals surface area contributed by atoms with E-state index in [2.05, 4.69) is 19.9 Å². The van der Waals surface area contributed by atoms with Crippen molar-refractivity contribution in [1.29, 1.82) is 0 Å². The van der Waals surface area contributed by atoms with Crippen molar-refractivity contribution in [3.8, 4) is 11.4 Å². The zero-order valence-electron chi connectivity index (χ0n) is 15.2. The molecule has 27 heavy (non-hydrogen) atoms. The first-order valence-corrected chi connectivity index (χ1v) is 9.92. The predicted molar refractivity (Wildman–Crippen MR) is 103 cm³/mol. The highest BCUT2D eigenvalue weighted by molar-refractivity contribution is 7.92. The summed E-state index contributed by atoms with van der Waals surface area (Å²) in [5.41, 5.74) is 1.26. The number of para-hydroxylation sites is 1. The van der Waals surface area contributed by atoms with Crippen molar-refractivity contribution in [2.24, 2.45) is 0 Å². The summed E-state index contributed by atoms with van der Waals surface area (Å²) in [5.74, 6) is 1.10. The molecule has 0 aliphatic rings. The molecule has 1 heterocycles. The fourth-order valence-corrected chi connectivity index (χ4v) is 3.63. The van der Waals surface area contributed by atoms with Gasteiger partial charge >= 0.3 is 0 Å². The number of H-pyrrole nitrogens is 1. The lowest BCUT2D eigenvalue weighted by atomic mass is 10.1. The molecule has 0 amide bonds. The van der Waals surface area contributed by atoms with E-state index in [9.17, 15) is 13.2 Å². The summed E-state index contributed by atoms with van der Waals surface area (Å²) in [4.78, 5) is 16.0. The van der Waals surface area contributed by atoms with Crippen LogP contribution in [-0.2, 0) is 10.0 Å². The van der Waals surface area contributed by atoms with Crippen molar-refractivity contribution in [3.63, 3.8) is 0 Å². The summed E-state index contributed by atoms with van der Waals surface area (Å²) in [6, 6.07) is 12.8. The van der Waals surface area contributed by atoms with E-state index in [0.717, 1.165) is 5.82 Å². The summed E-state index contributed by atoms with van der Waals surface area (Å²) < 4.78 is 28.2. The Labute approximate surface area is 157 Å². The van der Waals surface area contributed by atoms with Crippen LogP contribution < -0.4 is 4.72 Å². The van der Waals surface area contributed by atoms with Gasteiger partial charge in [0.15, 0.2) is 11.6 Å². The molecular weight excluding hydrogens is 364 g/mol. The van der Waals surface area contributed by atoms with Crippen molar-refractivity contribution in [2.75, 3.05) is 4.72 Å². The molecular formula is C19H20N4O3S. The standard InChI is InChI=1S/C19H20N4O3S/c1-12(2)18-20-19(22-21-18)16-9-4-5-10-17(16)23-27(25,26)15-8-6-7-14(11-15)13(3)24/h4-12,23H,1-3H3,(H,20,21,22). The van der Waals surface area contributed by atoms with Crippen LogP contribution in [-0.4, -0.2) is 29.4 Å². The van der Waals surface area contributed by atoms with E-state index >= 15 is 0 Å². The van der Waals surface area contributed by atoms with E-state index in [-0.39, 0.29) is 16.6 Å². The molecule has 0 saturated heterocycles. The first-order chi connectivity index (χ1) is 12.8. The number of carbonyl (C=O) groups is 1. The number of nitrogens with zero attached hydrogens (tertiary/aromatic N) is 2. The Hall–Kier alpha value is -3.00. The Kier molecular flexibility index (Phi) is 5.09. The van der Waals surface area contributed by atoms with E-state index in [0.29, 0.717) is 22.6 Å². The fourth-order valence-electron chi connectivity index (χ4n) is 2.51. The molecule has 0 spiro atoms. The van der Waals surface area contributed by atoms with Crippen LogP contribution >= 0.6 is 0 Å². The molecule has 0 saturated carbocycles. The Morgan fingerprint density at radius 1 is 1.11 bits per heavy atom. The molecule has 0 unspecified atom stereocenters. The average molecular weight is 384 g/mol. The third-order valence-electron chi connectivity index (χ3n) is 4.01. The van der Waals surface area contributed by atoms with Crippen molar-refractivity contribution >= 4 is 21.5 Å². The third kappa shape index (κ3) is 4.06. The zero-order chi connectivity index (χ0) is 19.6. The van der Waals surface area contributed by atoms with Gasteiger partial charge in [-0.05, 0) is 31.2 Å². The number of ketones is 1. The molecule has 0 aliphatic heterocycles. The first kappa shape index (κ1) is 18.8. The van der Waals surface area contributed by atoms with Crippen LogP contribution in [0.1, 0.15) is 42.9 Å². The van der Waals surface area contributed by atoms with E-state index in [4.69, 9.17) is 0 Å². The molecule has 0 fully saturated rings. The van der Waals surface area contributed by atoms with Gasteiger partial charge in [-0.2, -0.15) is 5.10 Å². The number of carbonyl (C=O) groups excluding carboxylic acids is 1. The predicted octanol–water partition coefficient (Wildman–Crippen LogP) is 3.60. The van der Waals surface area contributed by atoms with Crippen LogP contribution in [0.25, 0.3) is 11.4 Å². The number of benzene rings is 2. The van der Waals surface area contributed by atoms with Crippen LogP contribution in [0.3, 0.4) is 0 Å². The number of aromatic amines is 1. The van der Waals surface area contributed by atoms with Gasteiger partial charge in [0.1, 0.15) is 5.82 Å². The molecule has 0 atom stereocenters. The van der Waals surface area contributed by atoms with Gasteiger partial charge in [-0.3, -0.25) is 14.6 Å². The van der Waals surface area contributed by atoms with Crippen LogP contribution in [0.5, 0.6) is 0 Å². The topological polar surface area (TPSA) is 105 Å². The second-order valence-electron chi connectivity index (χ2n) is 6.43. The molecule has 2 aromatic carbocycles. The molecule has 1 aromatic heterocycles. The second-order valence-corrected chi connectivity index (χ2v) is 8.12. The maximum Gasteiger partial charge on any atom is 0.261 e. The summed E-state index contributed by atoms with van der Waals surface area (Å²) in [5, 5.41) is 7.06. The van der Waals surface area contributed by atoms with Crippen LogP contribution in [0.4, 0.5) is 5.69 Å². The average Bonchev–Trinajstić information content (AvgIpc) is 3.12. The highest BCUT2D eigenvalue weighted by atomic mass is 32.2. The maximum atomic E-state index is 12.8. The molecule has 0 radical (unpaired) electrons. The lowest BCUT2D eigenvalue weighted by Gasteiger charge is -2.11. The third-order valence-corrected chi connectivity index (χ3v) is 5.38. The first-order valence-electron chi connectivity index (χ1n) is 8.43. The number of aromatic nitrogens is 3. The molecule has 8 heteroatoms. The van der Waals surface area contributed by atoms with Gasteiger partial charge in [-0.1, -0.05) is 38.1 Å². The van der Waals surface area contributed by atoms with Gasteiger partial charge in [-0.25, -0.2) is 13.4 Å². The monoisotopic (exact) mass is 384 g/mol. The van der Waals surface area contributed by atoms with Gasteiger partial charge in [0.05, 0.1) is 10.6 Å². The van der Waals surface area contributed by atoms with E-state index in [1.807, 2.05) is 13.8 Å². The number of Topliss-reactive ketones (excluding diaryl/α,β-unsaturated/α-hetero) is 1. The largest absolute Gasteiger partial charge is 0.295 e. The summed E-state index contributed by atoms with van der Waals surface area (Å²) in [7, 11) is -3.88. The number of hydrogen-bond acceptors (Lipinski definition) is 5. The number of hydrogen-bond donors (Lipinski definition) is 2. The quantitative estimate of drug-likeness (QED) is 0.632. The minimum Gasteiger partial charge on any atom is -0.295 e.